The molecule has 2 fully saturated rings. The second-order valence-electron chi connectivity index (χ2n) is 10.00. The fraction of sp³-hybridized carbons (Fsp3) is 0.500. The molecule has 2 aromatic rings. The van der Waals surface area contributed by atoms with Crippen molar-refractivity contribution in [3.05, 3.63) is 64.7 Å². The predicted octanol–water partition coefficient (Wildman–Crippen LogP) is 7.41. The van der Waals surface area contributed by atoms with Crippen LogP contribution in [0.15, 0.2) is 42.5 Å². The van der Waals surface area contributed by atoms with Crippen LogP contribution < -0.4 is 10.2 Å². The third-order valence-electron chi connectivity index (χ3n) is 7.55. The molecule has 2 atom stereocenters. The molecule has 0 aromatic heterocycles. The fourth-order valence-corrected chi connectivity index (χ4v) is 4.95. The van der Waals surface area contributed by atoms with Gasteiger partial charge in [0.15, 0.2) is 0 Å². The number of amides is 1. The highest BCUT2D eigenvalue weighted by Crippen LogP contribution is 2.50. The lowest BCUT2D eigenvalue weighted by Gasteiger charge is -2.33. The summed E-state index contributed by atoms with van der Waals surface area (Å²) in [4.78, 5) is 13.5. The van der Waals surface area contributed by atoms with Crippen molar-refractivity contribution in [3.8, 4) is 0 Å². The minimum Gasteiger partial charge on any atom is -0.370 e. The van der Waals surface area contributed by atoms with E-state index >= 15 is 0 Å². The molecule has 3 nitrogen and oxygen atoms in total. The monoisotopic (exact) mass is 552 g/mol. The fourth-order valence-electron chi connectivity index (χ4n) is 4.95. The third kappa shape index (κ3) is 5.44. The molecule has 2 aliphatic rings. The molecule has 12 heteroatoms. The Kier molecular flexibility index (Phi) is 7.15. The lowest BCUT2D eigenvalue weighted by atomic mass is 9.77. The normalized spacial score (nSPS) is 21.8. The van der Waals surface area contributed by atoms with E-state index in [2.05, 4.69) is 5.32 Å². The molecule has 1 amide bonds. The van der Waals surface area contributed by atoms with Gasteiger partial charge in [0.05, 0.1) is 17.2 Å². The SMILES string of the molecule is CC(NC(=O)C1CCC1)c1ccc(N2CCC(c3cc(C(F)(F)F)cc(C(F)(F)F)c3)(C(F)(F)F)C2)cc1. The van der Waals surface area contributed by atoms with Gasteiger partial charge in [0.1, 0.15) is 5.41 Å². The van der Waals surface area contributed by atoms with E-state index in [1.807, 2.05) is 0 Å². The molecule has 0 bridgehead atoms. The molecule has 4 rings (SSSR count). The molecule has 1 saturated heterocycles. The van der Waals surface area contributed by atoms with Gasteiger partial charge in [-0.3, -0.25) is 4.79 Å². The highest BCUT2D eigenvalue weighted by Gasteiger charge is 2.60. The Morgan fingerprint density at radius 1 is 0.921 bits per heavy atom. The summed E-state index contributed by atoms with van der Waals surface area (Å²) in [6.07, 6.45) is -13.7. The highest BCUT2D eigenvalue weighted by molar-refractivity contribution is 5.79. The highest BCUT2D eigenvalue weighted by atomic mass is 19.4. The first-order valence-electron chi connectivity index (χ1n) is 12.0. The van der Waals surface area contributed by atoms with Gasteiger partial charge in [-0.1, -0.05) is 18.6 Å². The average Bonchev–Trinajstić information content (AvgIpc) is 3.23. The van der Waals surface area contributed by atoms with Gasteiger partial charge in [-0.15, -0.1) is 0 Å². The Labute approximate surface area is 213 Å². The van der Waals surface area contributed by atoms with E-state index in [0.717, 1.165) is 19.3 Å². The molecular weight excluding hydrogens is 527 g/mol. The summed E-state index contributed by atoms with van der Waals surface area (Å²) in [5, 5.41) is 2.89. The first-order valence-corrected chi connectivity index (χ1v) is 12.0. The van der Waals surface area contributed by atoms with Crippen LogP contribution in [-0.2, 0) is 22.6 Å². The van der Waals surface area contributed by atoms with Crippen molar-refractivity contribution in [2.45, 2.75) is 62.6 Å². The van der Waals surface area contributed by atoms with Crippen molar-refractivity contribution in [2.24, 2.45) is 5.92 Å². The summed E-state index contributed by atoms with van der Waals surface area (Å²) in [6.45, 7) is 0.689. The van der Waals surface area contributed by atoms with Gasteiger partial charge >= 0.3 is 18.5 Å². The van der Waals surface area contributed by atoms with Crippen LogP contribution in [-0.4, -0.2) is 25.2 Å². The third-order valence-corrected chi connectivity index (χ3v) is 7.55. The number of carbonyl (C=O) groups is 1. The summed E-state index contributed by atoms with van der Waals surface area (Å²) in [6, 6.07) is 6.12. The number of alkyl halides is 9. The van der Waals surface area contributed by atoms with Crippen molar-refractivity contribution in [1.29, 1.82) is 0 Å². The van der Waals surface area contributed by atoms with Crippen LogP contribution in [0.1, 0.15) is 60.9 Å². The summed E-state index contributed by atoms with van der Waals surface area (Å²) in [5.41, 5.74) is -6.54. The zero-order valence-electron chi connectivity index (χ0n) is 20.2. The van der Waals surface area contributed by atoms with Gasteiger partial charge in [-0.25, -0.2) is 0 Å². The minimum atomic E-state index is -5.26. The van der Waals surface area contributed by atoms with Gasteiger partial charge in [-0.05, 0) is 67.6 Å². The number of carbonyl (C=O) groups excluding carboxylic acids is 1. The largest absolute Gasteiger partial charge is 0.416 e. The van der Waals surface area contributed by atoms with Crippen LogP contribution in [0, 0.1) is 5.92 Å². The van der Waals surface area contributed by atoms with Crippen molar-refractivity contribution >= 4 is 11.6 Å². The molecular formula is C26H25F9N2O. The number of hydrogen-bond acceptors (Lipinski definition) is 2. The van der Waals surface area contributed by atoms with E-state index < -0.39 is 53.6 Å². The first-order chi connectivity index (χ1) is 17.5. The van der Waals surface area contributed by atoms with Crippen LogP contribution in [0.4, 0.5) is 45.2 Å². The summed E-state index contributed by atoms with van der Waals surface area (Å²) < 4.78 is 123. The lowest BCUT2D eigenvalue weighted by Crippen LogP contribution is -2.45. The van der Waals surface area contributed by atoms with E-state index in [1.165, 1.54) is 17.0 Å². The van der Waals surface area contributed by atoms with E-state index in [9.17, 15) is 44.3 Å². The Hall–Kier alpha value is -2.92. The number of rotatable bonds is 5. The van der Waals surface area contributed by atoms with Crippen LogP contribution in [0.25, 0.3) is 0 Å². The predicted molar refractivity (Wildman–Crippen MR) is 121 cm³/mol. The van der Waals surface area contributed by atoms with Crippen LogP contribution in [0.2, 0.25) is 0 Å². The van der Waals surface area contributed by atoms with Crippen LogP contribution in [0.5, 0.6) is 0 Å². The number of benzene rings is 2. The maximum Gasteiger partial charge on any atom is 0.416 e. The van der Waals surface area contributed by atoms with Crippen molar-refractivity contribution in [3.63, 3.8) is 0 Å². The number of hydrogen-bond donors (Lipinski definition) is 1. The molecule has 0 radical (unpaired) electrons. The second kappa shape index (κ2) is 9.68. The van der Waals surface area contributed by atoms with Gasteiger partial charge in [-0.2, -0.15) is 39.5 Å². The van der Waals surface area contributed by atoms with Crippen molar-refractivity contribution < 1.29 is 44.3 Å². The molecule has 2 unspecified atom stereocenters. The van der Waals surface area contributed by atoms with Crippen molar-refractivity contribution in [1.82, 2.24) is 5.32 Å². The second-order valence-corrected chi connectivity index (χ2v) is 10.00. The quantitative estimate of drug-likeness (QED) is 0.392. The molecule has 1 heterocycles. The Balaban J connectivity index is 1.62. The van der Waals surface area contributed by atoms with E-state index in [0.29, 0.717) is 11.3 Å². The summed E-state index contributed by atoms with van der Waals surface area (Å²) in [5.74, 6) is -0.0906. The molecule has 1 aliphatic heterocycles. The molecule has 2 aromatic carbocycles. The molecule has 38 heavy (non-hydrogen) atoms. The van der Waals surface area contributed by atoms with Crippen LogP contribution >= 0.6 is 0 Å². The van der Waals surface area contributed by atoms with Gasteiger partial charge < -0.3 is 10.2 Å². The number of anilines is 1. The summed E-state index contributed by atoms with van der Waals surface area (Å²) >= 11 is 0. The first kappa shape index (κ1) is 28.1. The molecule has 1 saturated carbocycles. The topological polar surface area (TPSA) is 32.3 Å². The maximum atomic E-state index is 14.4. The zero-order valence-corrected chi connectivity index (χ0v) is 20.2. The van der Waals surface area contributed by atoms with E-state index in [4.69, 9.17) is 0 Å². The molecule has 1 N–H and O–H groups in total. The number of nitrogens with one attached hydrogen (secondary N) is 1. The van der Waals surface area contributed by atoms with E-state index in [1.54, 1.807) is 19.1 Å². The molecule has 1 aliphatic carbocycles. The smallest absolute Gasteiger partial charge is 0.370 e. The Morgan fingerprint density at radius 2 is 1.47 bits per heavy atom. The Morgan fingerprint density at radius 3 is 1.92 bits per heavy atom. The molecule has 0 spiro atoms. The Bertz CT molecular complexity index is 1130. The zero-order chi connectivity index (χ0) is 28.1. The minimum absolute atomic E-state index is 0.0227. The van der Waals surface area contributed by atoms with Gasteiger partial charge in [0.2, 0.25) is 5.91 Å². The number of nitrogens with zero attached hydrogens (tertiary/aromatic N) is 1. The van der Waals surface area contributed by atoms with Gasteiger partial charge in [0.25, 0.3) is 0 Å². The maximum absolute atomic E-state index is 14.4. The standard InChI is InChI=1S/C26H25F9N2O/c1-15(36-22(38)17-3-2-4-17)16-5-7-21(8-6-16)37-10-9-23(14-37,26(33,34)35)18-11-19(24(27,28)29)13-20(12-18)25(30,31)32/h5-8,11-13,15,17H,2-4,9-10,14H2,1H3,(H,36,38). The average molecular weight is 552 g/mol. The van der Waals surface area contributed by atoms with E-state index in [-0.39, 0.29) is 42.6 Å². The van der Waals surface area contributed by atoms with Gasteiger partial charge in [0, 0.05) is 24.7 Å². The van der Waals surface area contributed by atoms with Crippen LogP contribution in [0.3, 0.4) is 0 Å². The number of halogens is 9. The lowest BCUT2D eigenvalue weighted by molar-refractivity contribution is -0.185. The summed E-state index contributed by atoms with van der Waals surface area (Å²) in [7, 11) is 0. The molecule has 208 valence electrons. The van der Waals surface area contributed by atoms with Crippen molar-refractivity contribution in [2.75, 3.05) is 18.0 Å².